The molecule has 2 heterocycles. The van der Waals surface area contributed by atoms with Gasteiger partial charge < -0.3 is 10.2 Å². The number of nitrogens with zero attached hydrogens (tertiary/aromatic N) is 4. The zero-order valence-corrected chi connectivity index (χ0v) is 11.7. The lowest BCUT2D eigenvalue weighted by molar-refractivity contribution is -0.384. The summed E-state index contributed by atoms with van der Waals surface area (Å²) in [4.78, 5) is 13.1. The SMILES string of the molecule is CCCc1nn(C)c(N2CCNC(C)C2)c1[N+](=O)[O-]. The molecule has 19 heavy (non-hydrogen) atoms. The average Bonchev–Trinajstić information content (AvgIpc) is 2.66. The van der Waals surface area contributed by atoms with E-state index in [1.807, 2.05) is 6.92 Å². The molecule has 0 saturated carbocycles. The molecule has 106 valence electrons. The predicted molar refractivity (Wildman–Crippen MR) is 73.5 cm³/mol. The van der Waals surface area contributed by atoms with Gasteiger partial charge in [-0.15, -0.1) is 0 Å². The van der Waals surface area contributed by atoms with Crippen LogP contribution >= 0.6 is 0 Å². The van der Waals surface area contributed by atoms with Crippen LogP contribution < -0.4 is 10.2 Å². The van der Waals surface area contributed by atoms with Gasteiger partial charge in [0, 0.05) is 32.7 Å². The van der Waals surface area contributed by atoms with Crippen LogP contribution in [0.15, 0.2) is 0 Å². The van der Waals surface area contributed by atoms with Gasteiger partial charge in [0.2, 0.25) is 5.82 Å². The van der Waals surface area contributed by atoms with Crippen molar-refractivity contribution in [1.29, 1.82) is 0 Å². The summed E-state index contributed by atoms with van der Waals surface area (Å²) >= 11 is 0. The Balaban J connectivity index is 2.40. The largest absolute Gasteiger partial charge is 0.348 e. The van der Waals surface area contributed by atoms with Gasteiger partial charge in [0.25, 0.3) is 0 Å². The molecule has 1 N–H and O–H groups in total. The van der Waals surface area contributed by atoms with E-state index >= 15 is 0 Å². The van der Waals surface area contributed by atoms with Crippen molar-refractivity contribution in [3.05, 3.63) is 15.8 Å². The number of nitro groups is 1. The molecule has 0 amide bonds. The fourth-order valence-electron chi connectivity index (χ4n) is 2.63. The number of hydrogen-bond acceptors (Lipinski definition) is 5. The Morgan fingerprint density at radius 1 is 1.58 bits per heavy atom. The van der Waals surface area contributed by atoms with Crippen LogP contribution in [0, 0.1) is 10.1 Å². The van der Waals surface area contributed by atoms with E-state index in [2.05, 4.69) is 22.2 Å². The van der Waals surface area contributed by atoms with E-state index in [1.165, 1.54) is 0 Å². The van der Waals surface area contributed by atoms with Crippen LogP contribution in [0.25, 0.3) is 0 Å². The summed E-state index contributed by atoms with van der Waals surface area (Å²) in [6, 6.07) is 0.331. The highest BCUT2D eigenvalue weighted by Gasteiger charge is 2.31. The van der Waals surface area contributed by atoms with E-state index in [-0.39, 0.29) is 10.6 Å². The molecule has 1 fully saturated rings. The molecule has 1 aromatic heterocycles. The molecule has 1 unspecified atom stereocenters. The number of anilines is 1. The zero-order chi connectivity index (χ0) is 14.0. The fourth-order valence-corrected chi connectivity index (χ4v) is 2.63. The van der Waals surface area contributed by atoms with Crippen molar-refractivity contribution in [2.75, 3.05) is 24.5 Å². The molecular weight excluding hydrogens is 246 g/mol. The molecule has 1 atom stereocenters. The quantitative estimate of drug-likeness (QED) is 0.652. The standard InChI is InChI=1S/C12H21N5O2/c1-4-5-10-11(17(18)19)12(15(3)14-10)16-7-6-13-9(2)8-16/h9,13H,4-8H2,1-3H3. The highest BCUT2D eigenvalue weighted by atomic mass is 16.6. The van der Waals surface area contributed by atoms with Gasteiger partial charge in [-0.2, -0.15) is 5.10 Å². The van der Waals surface area contributed by atoms with Gasteiger partial charge in [-0.25, -0.2) is 4.68 Å². The van der Waals surface area contributed by atoms with Crippen molar-refractivity contribution >= 4 is 11.5 Å². The van der Waals surface area contributed by atoms with Crippen molar-refractivity contribution in [1.82, 2.24) is 15.1 Å². The lowest BCUT2D eigenvalue weighted by atomic mass is 10.2. The number of piperazine rings is 1. The normalized spacial score (nSPS) is 19.7. The second kappa shape index (κ2) is 5.56. The van der Waals surface area contributed by atoms with Gasteiger partial charge in [-0.05, 0) is 13.3 Å². The van der Waals surface area contributed by atoms with E-state index in [0.29, 0.717) is 24.0 Å². The minimum absolute atomic E-state index is 0.179. The number of aromatic nitrogens is 2. The summed E-state index contributed by atoms with van der Waals surface area (Å²) in [5.41, 5.74) is 0.773. The topological polar surface area (TPSA) is 76.2 Å². The van der Waals surface area contributed by atoms with Crippen molar-refractivity contribution in [2.45, 2.75) is 32.7 Å². The van der Waals surface area contributed by atoms with Gasteiger partial charge >= 0.3 is 5.69 Å². The molecule has 1 aliphatic heterocycles. The molecule has 0 aromatic carbocycles. The Morgan fingerprint density at radius 3 is 2.89 bits per heavy atom. The maximum Gasteiger partial charge on any atom is 0.334 e. The second-order valence-corrected chi connectivity index (χ2v) is 5.05. The second-order valence-electron chi connectivity index (χ2n) is 5.05. The van der Waals surface area contributed by atoms with Gasteiger partial charge in [0.05, 0.1) is 4.92 Å². The lowest BCUT2D eigenvalue weighted by Gasteiger charge is -2.32. The molecule has 0 bridgehead atoms. The summed E-state index contributed by atoms with van der Waals surface area (Å²) in [5.74, 6) is 0.641. The Labute approximate surface area is 112 Å². The summed E-state index contributed by atoms with van der Waals surface area (Å²) in [6.07, 6.45) is 1.50. The highest BCUT2D eigenvalue weighted by Crippen LogP contribution is 2.32. The molecular formula is C12H21N5O2. The van der Waals surface area contributed by atoms with Crippen molar-refractivity contribution in [2.24, 2.45) is 7.05 Å². The first-order valence-corrected chi connectivity index (χ1v) is 6.73. The predicted octanol–water partition coefficient (Wildman–Crippen LogP) is 1.08. The summed E-state index contributed by atoms with van der Waals surface area (Å²) in [7, 11) is 1.79. The fraction of sp³-hybridized carbons (Fsp3) is 0.750. The smallest absolute Gasteiger partial charge is 0.334 e. The number of rotatable bonds is 4. The maximum atomic E-state index is 11.4. The molecule has 7 heteroatoms. The lowest BCUT2D eigenvalue weighted by Crippen LogP contribution is -2.50. The highest BCUT2D eigenvalue weighted by molar-refractivity contribution is 5.62. The molecule has 0 aliphatic carbocycles. The van der Waals surface area contributed by atoms with Crippen molar-refractivity contribution in [3.8, 4) is 0 Å². The minimum atomic E-state index is -0.292. The zero-order valence-electron chi connectivity index (χ0n) is 11.7. The van der Waals surface area contributed by atoms with Gasteiger partial charge in [-0.3, -0.25) is 10.1 Å². The Kier molecular flexibility index (Phi) is 4.04. The Hall–Kier alpha value is -1.63. The van der Waals surface area contributed by atoms with E-state index < -0.39 is 0 Å². The van der Waals surface area contributed by atoms with Crippen LogP contribution in [-0.4, -0.2) is 40.4 Å². The van der Waals surface area contributed by atoms with Gasteiger partial charge in [0.15, 0.2) is 0 Å². The Morgan fingerprint density at radius 2 is 2.32 bits per heavy atom. The molecule has 1 aromatic rings. The number of aryl methyl sites for hydroxylation is 2. The van der Waals surface area contributed by atoms with Crippen LogP contribution in [0.5, 0.6) is 0 Å². The maximum absolute atomic E-state index is 11.4. The van der Waals surface area contributed by atoms with Crippen LogP contribution in [0.4, 0.5) is 11.5 Å². The molecule has 1 aliphatic rings. The van der Waals surface area contributed by atoms with E-state index in [0.717, 1.165) is 26.1 Å². The van der Waals surface area contributed by atoms with Crippen LogP contribution in [-0.2, 0) is 13.5 Å². The molecule has 0 spiro atoms. The summed E-state index contributed by atoms with van der Waals surface area (Å²) in [6.45, 7) is 6.47. The van der Waals surface area contributed by atoms with E-state index in [9.17, 15) is 10.1 Å². The molecule has 0 radical (unpaired) electrons. The third-order valence-electron chi connectivity index (χ3n) is 3.40. The Bertz CT molecular complexity index is 471. The van der Waals surface area contributed by atoms with Crippen LogP contribution in [0.1, 0.15) is 26.0 Å². The van der Waals surface area contributed by atoms with Crippen LogP contribution in [0.3, 0.4) is 0 Å². The molecule has 2 rings (SSSR count). The number of nitrogens with one attached hydrogen (secondary N) is 1. The summed E-state index contributed by atoms with van der Waals surface area (Å²) < 4.78 is 1.65. The third-order valence-corrected chi connectivity index (χ3v) is 3.40. The molecule has 1 saturated heterocycles. The van der Waals surface area contributed by atoms with Gasteiger partial charge in [0.1, 0.15) is 5.69 Å². The van der Waals surface area contributed by atoms with E-state index in [4.69, 9.17) is 0 Å². The van der Waals surface area contributed by atoms with Crippen molar-refractivity contribution in [3.63, 3.8) is 0 Å². The van der Waals surface area contributed by atoms with Crippen molar-refractivity contribution < 1.29 is 4.92 Å². The average molecular weight is 267 g/mol. The van der Waals surface area contributed by atoms with E-state index in [1.54, 1.807) is 11.7 Å². The monoisotopic (exact) mass is 267 g/mol. The first kappa shape index (κ1) is 13.8. The molecule has 7 nitrogen and oxygen atoms in total. The van der Waals surface area contributed by atoms with Crippen LogP contribution in [0.2, 0.25) is 0 Å². The third kappa shape index (κ3) is 2.70. The number of hydrogen-bond donors (Lipinski definition) is 1. The summed E-state index contributed by atoms with van der Waals surface area (Å²) in [5, 5.41) is 19.0. The minimum Gasteiger partial charge on any atom is -0.348 e. The van der Waals surface area contributed by atoms with Gasteiger partial charge in [-0.1, -0.05) is 13.3 Å². The first-order chi connectivity index (χ1) is 9.04. The first-order valence-electron chi connectivity index (χ1n) is 6.73.